The number of thiophene rings is 1. The fraction of sp³-hybridized carbons (Fsp3) is 0.179. The van der Waals surface area contributed by atoms with Gasteiger partial charge in [0.1, 0.15) is 16.8 Å². The number of fused-ring (bicyclic) bond motifs is 2. The molecule has 0 radical (unpaired) electrons. The first-order valence-electron chi connectivity index (χ1n) is 17.5. The molecule has 14 nitrogen and oxygen atoms in total. The lowest BCUT2D eigenvalue weighted by Crippen LogP contribution is -2.26. The van der Waals surface area contributed by atoms with Gasteiger partial charge >= 0.3 is 11.4 Å². The summed E-state index contributed by atoms with van der Waals surface area (Å²) in [4.78, 5) is 54.7. The predicted molar refractivity (Wildman–Crippen MR) is 208 cm³/mol. The predicted octanol–water partition coefficient (Wildman–Crippen LogP) is 5.67. The molecule has 0 unspecified atom stereocenters. The minimum atomic E-state index is -0.496. The molecule has 5 aromatic heterocycles. The molecular weight excluding hydrogens is 705 g/mol. The lowest BCUT2D eigenvalue weighted by Gasteiger charge is -2.09. The average Bonchev–Trinajstić information content (AvgIpc) is 3.66. The van der Waals surface area contributed by atoms with Crippen molar-refractivity contribution in [3.8, 4) is 22.9 Å². The molecule has 0 aliphatic heterocycles. The van der Waals surface area contributed by atoms with Crippen LogP contribution in [0.1, 0.15) is 23.3 Å². The zero-order chi connectivity index (χ0) is 36.6. The molecule has 1 aliphatic carbocycles. The number of nitrogens with zero attached hydrogens (tertiary/aromatic N) is 8. The van der Waals surface area contributed by atoms with Crippen LogP contribution in [-0.4, -0.2) is 58.1 Å². The number of anilines is 2. The largest absolute Gasteiger partial charge is 0.497 e. The molecule has 54 heavy (non-hydrogen) atoms. The molecule has 2 N–H and O–H groups in total. The molecule has 0 bridgehead atoms. The van der Waals surface area contributed by atoms with E-state index in [-0.39, 0.29) is 5.69 Å². The third-order valence-electron chi connectivity index (χ3n) is 9.13. The van der Waals surface area contributed by atoms with E-state index in [1.54, 1.807) is 88.5 Å². The molecule has 9 rings (SSSR count). The number of nitrogens with one attached hydrogen (secondary N) is 2. The third kappa shape index (κ3) is 6.45. The van der Waals surface area contributed by atoms with Crippen molar-refractivity contribution in [3.05, 3.63) is 140 Å². The van der Waals surface area contributed by atoms with E-state index in [4.69, 9.17) is 19.5 Å². The van der Waals surface area contributed by atoms with Crippen LogP contribution >= 0.6 is 11.3 Å². The molecule has 15 heteroatoms. The number of methoxy groups -OCH3 is 1. The Labute approximate surface area is 311 Å². The van der Waals surface area contributed by atoms with Crippen LogP contribution in [0.15, 0.2) is 118 Å². The van der Waals surface area contributed by atoms with Gasteiger partial charge < -0.3 is 20.2 Å². The van der Waals surface area contributed by atoms with E-state index in [0.717, 1.165) is 29.6 Å². The van der Waals surface area contributed by atoms with Gasteiger partial charge in [-0.3, -0.25) is 4.57 Å². The lowest BCUT2D eigenvalue weighted by molar-refractivity contribution is 0.215. The van der Waals surface area contributed by atoms with E-state index in [1.807, 2.05) is 36.4 Å². The van der Waals surface area contributed by atoms with Gasteiger partial charge in [0, 0.05) is 29.6 Å². The molecule has 0 amide bonds. The minimum absolute atomic E-state index is 0.299. The van der Waals surface area contributed by atoms with E-state index in [9.17, 15) is 9.59 Å². The zero-order valence-electron chi connectivity index (χ0n) is 29.1. The van der Waals surface area contributed by atoms with Crippen LogP contribution in [0, 0.1) is 0 Å². The van der Waals surface area contributed by atoms with Crippen molar-refractivity contribution in [2.24, 2.45) is 0 Å². The first kappa shape index (κ1) is 33.1. The molecule has 8 aromatic rings. The fourth-order valence-corrected chi connectivity index (χ4v) is 7.03. The van der Waals surface area contributed by atoms with E-state index < -0.39 is 5.69 Å². The monoisotopic (exact) mass is 738 g/mol. The quantitative estimate of drug-likeness (QED) is 0.152. The average molecular weight is 739 g/mol. The van der Waals surface area contributed by atoms with Crippen molar-refractivity contribution in [2.45, 2.75) is 31.8 Å². The summed E-state index contributed by atoms with van der Waals surface area (Å²) >= 11 is 1.70. The Bertz CT molecular complexity index is 2730. The summed E-state index contributed by atoms with van der Waals surface area (Å²) in [5.74, 6) is 1.72. The van der Waals surface area contributed by atoms with Gasteiger partial charge in [0.25, 0.3) is 0 Å². The molecule has 0 saturated heterocycles. The second-order valence-corrected chi connectivity index (χ2v) is 13.9. The zero-order valence-corrected chi connectivity index (χ0v) is 29.9. The molecular formula is C39H34N10O4S. The first-order chi connectivity index (χ1) is 26.5. The molecule has 3 aromatic carbocycles. The molecule has 1 saturated carbocycles. The van der Waals surface area contributed by atoms with Crippen molar-refractivity contribution in [1.29, 1.82) is 0 Å². The SMILES string of the molecule is COc1cccc(-n2c(=O)n(Oc3cccc(-n4c(=O)n(Cc5ccccc5)c5cnc(NCCc6cccs6)nc54)c3)c3cnc(NC4CC4)nc32)c1. The van der Waals surface area contributed by atoms with E-state index in [1.165, 1.54) is 9.44 Å². The normalized spacial score (nSPS) is 12.7. The number of hydrogen-bond acceptors (Lipinski definition) is 11. The molecule has 270 valence electrons. The second-order valence-electron chi connectivity index (χ2n) is 12.9. The Morgan fingerprint density at radius 1 is 0.778 bits per heavy atom. The molecule has 0 spiro atoms. The van der Waals surface area contributed by atoms with Crippen LogP contribution in [-0.2, 0) is 13.0 Å². The maximum Gasteiger partial charge on any atom is 0.368 e. The summed E-state index contributed by atoms with van der Waals surface area (Å²) in [6.07, 6.45) is 6.14. The van der Waals surface area contributed by atoms with Crippen LogP contribution in [0.3, 0.4) is 0 Å². The first-order valence-corrected chi connectivity index (χ1v) is 18.4. The smallest absolute Gasteiger partial charge is 0.368 e. The van der Waals surface area contributed by atoms with Gasteiger partial charge in [-0.1, -0.05) is 48.5 Å². The van der Waals surface area contributed by atoms with E-state index >= 15 is 0 Å². The van der Waals surface area contributed by atoms with Gasteiger partial charge in [-0.05, 0) is 60.5 Å². The van der Waals surface area contributed by atoms with Crippen molar-refractivity contribution in [1.82, 2.24) is 38.4 Å². The van der Waals surface area contributed by atoms with Gasteiger partial charge in [0.15, 0.2) is 17.0 Å². The highest BCUT2D eigenvalue weighted by Gasteiger charge is 2.25. The summed E-state index contributed by atoms with van der Waals surface area (Å²) in [7, 11) is 1.57. The van der Waals surface area contributed by atoms with Crippen molar-refractivity contribution < 1.29 is 9.57 Å². The fourth-order valence-electron chi connectivity index (χ4n) is 6.32. The molecule has 1 aliphatic rings. The summed E-state index contributed by atoms with van der Waals surface area (Å²) in [5, 5.41) is 8.67. The summed E-state index contributed by atoms with van der Waals surface area (Å²) in [6.45, 7) is 0.953. The van der Waals surface area contributed by atoms with Crippen LogP contribution in [0.5, 0.6) is 11.5 Å². The van der Waals surface area contributed by atoms with Crippen LogP contribution < -0.4 is 31.6 Å². The van der Waals surface area contributed by atoms with Crippen LogP contribution in [0.2, 0.25) is 0 Å². The topological polar surface area (TPSA) is 148 Å². The standard InChI is InChI=1S/C39H34N10O4S/c1-52-29-12-5-10-27(20-29)48-35-33(23-42-37(45-35)43-26-15-16-26)49(39(48)51)53-30-13-6-11-28(21-30)47-34-32(46(38(47)50)24-25-8-3-2-4-9-25)22-41-36(44-34)40-18-17-31-14-7-19-54-31/h2-14,19-23,26H,15-18,24H2,1H3,(H,40,41,44)(H,42,43,45). The van der Waals surface area contributed by atoms with Gasteiger partial charge in [0.2, 0.25) is 11.9 Å². The Morgan fingerprint density at radius 2 is 1.48 bits per heavy atom. The molecule has 0 atom stereocenters. The number of aromatic nitrogens is 8. The minimum Gasteiger partial charge on any atom is -0.497 e. The van der Waals surface area contributed by atoms with E-state index in [2.05, 4.69) is 32.0 Å². The van der Waals surface area contributed by atoms with Gasteiger partial charge in [0.05, 0.1) is 37.4 Å². The highest BCUT2D eigenvalue weighted by molar-refractivity contribution is 7.09. The summed E-state index contributed by atoms with van der Waals surface area (Å²) < 4.78 is 11.3. The van der Waals surface area contributed by atoms with Crippen LogP contribution in [0.4, 0.5) is 11.9 Å². The molecule has 1 fully saturated rings. The summed E-state index contributed by atoms with van der Waals surface area (Å²) in [6, 6.07) is 28.3. The Morgan fingerprint density at radius 3 is 2.24 bits per heavy atom. The number of rotatable bonds is 13. The van der Waals surface area contributed by atoms with E-state index in [0.29, 0.717) is 76.2 Å². The number of benzene rings is 3. The highest BCUT2D eigenvalue weighted by atomic mass is 32.1. The third-order valence-corrected chi connectivity index (χ3v) is 10.1. The maximum atomic E-state index is 14.3. The van der Waals surface area contributed by atoms with Gasteiger partial charge in [-0.15, -0.1) is 16.1 Å². The maximum absolute atomic E-state index is 14.3. The van der Waals surface area contributed by atoms with Gasteiger partial charge in [-0.25, -0.2) is 28.7 Å². The Balaban J connectivity index is 1.12. The van der Waals surface area contributed by atoms with Crippen molar-refractivity contribution >= 4 is 45.6 Å². The number of ether oxygens (including phenoxy) is 1. The number of hydrogen-bond donors (Lipinski definition) is 2. The Kier molecular flexibility index (Phi) is 8.59. The van der Waals surface area contributed by atoms with Crippen molar-refractivity contribution in [2.75, 3.05) is 24.3 Å². The van der Waals surface area contributed by atoms with Crippen molar-refractivity contribution in [3.63, 3.8) is 0 Å². The lowest BCUT2D eigenvalue weighted by atomic mass is 10.2. The van der Waals surface area contributed by atoms with Gasteiger partial charge in [-0.2, -0.15) is 9.97 Å². The Hall–Kier alpha value is -6.74. The number of imidazole rings is 2. The highest BCUT2D eigenvalue weighted by Crippen LogP contribution is 2.27. The second kappa shape index (κ2) is 14.0. The van der Waals surface area contributed by atoms with Crippen LogP contribution in [0.25, 0.3) is 33.7 Å². The molecule has 5 heterocycles. The summed E-state index contributed by atoms with van der Waals surface area (Å²) in [5.41, 5.74) is 2.93.